The Balaban J connectivity index is 1.89. The van der Waals surface area contributed by atoms with Crippen molar-refractivity contribution in [2.75, 3.05) is 13.7 Å². The average Bonchev–Trinajstić information content (AvgIpc) is 3.19. The van der Waals surface area contributed by atoms with Crippen LogP contribution in [0.3, 0.4) is 0 Å². The second-order valence-electron chi connectivity index (χ2n) is 5.47. The molecule has 0 spiro atoms. The van der Waals surface area contributed by atoms with Gasteiger partial charge in [0.2, 0.25) is 10.0 Å². The van der Waals surface area contributed by atoms with Crippen molar-refractivity contribution >= 4 is 10.0 Å². The highest BCUT2D eigenvalue weighted by Gasteiger charge is 2.36. The number of sulfonamides is 1. The predicted molar refractivity (Wildman–Crippen MR) is 82.1 cm³/mol. The van der Waals surface area contributed by atoms with E-state index < -0.39 is 15.8 Å². The van der Waals surface area contributed by atoms with Gasteiger partial charge in [0.15, 0.2) is 0 Å². The summed E-state index contributed by atoms with van der Waals surface area (Å²) < 4.78 is 48.0. The molecule has 6 nitrogen and oxygen atoms in total. The Morgan fingerprint density at radius 1 is 1.43 bits per heavy atom. The molecule has 1 aliphatic rings. The molecule has 0 bridgehead atoms. The first-order valence-electron chi connectivity index (χ1n) is 7.33. The van der Waals surface area contributed by atoms with Gasteiger partial charge in [-0.2, -0.15) is 4.31 Å². The summed E-state index contributed by atoms with van der Waals surface area (Å²) in [5.74, 6) is -0.504. The summed E-state index contributed by atoms with van der Waals surface area (Å²) in [7, 11) is -2.47. The zero-order valence-corrected chi connectivity index (χ0v) is 13.5. The topological polar surface area (TPSA) is 64.4 Å². The van der Waals surface area contributed by atoms with Gasteiger partial charge in [0.05, 0.1) is 13.4 Å². The Morgan fingerprint density at radius 3 is 2.91 bits per heavy atom. The van der Waals surface area contributed by atoms with Crippen LogP contribution in [0.1, 0.15) is 12.8 Å². The fraction of sp³-hybridized carbons (Fsp3) is 0.400. The Bertz CT molecular complexity index is 777. The van der Waals surface area contributed by atoms with E-state index in [1.807, 2.05) is 4.57 Å². The van der Waals surface area contributed by atoms with Crippen molar-refractivity contribution in [3.05, 3.63) is 42.7 Å². The highest BCUT2D eigenvalue weighted by molar-refractivity contribution is 7.89. The van der Waals surface area contributed by atoms with E-state index in [2.05, 4.69) is 4.98 Å². The van der Waals surface area contributed by atoms with Gasteiger partial charge in [0.1, 0.15) is 16.5 Å². The third-order valence-electron chi connectivity index (χ3n) is 4.03. The lowest BCUT2D eigenvalue weighted by molar-refractivity contribution is 0.350. The minimum absolute atomic E-state index is 0.198. The molecule has 0 radical (unpaired) electrons. The number of nitrogens with zero attached hydrogens (tertiary/aromatic N) is 3. The molecule has 3 rings (SSSR count). The first kappa shape index (κ1) is 15.9. The first-order valence-corrected chi connectivity index (χ1v) is 8.77. The van der Waals surface area contributed by atoms with E-state index in [9.17, 15) is 12.8 Å². The van der Waals surface area contributed by atoms with Gasteiger partial charge in [-0.15, -0.1) is 0 Å². The van der Waals surface area contributed by atoms with Gasteiger partial charge in [-0.1, -0.05) is 0 Å². The molecule has 1 saturated heterocycles. The molecular weight excluding hydrogens is 321 g/mol. The van der Waals surface area contributed by atoms with Crippen LogP contribution >= 0.6 is 0 Å². The van der Waals surface area contributed by atoms with Crippen LogP contribution < -0.4 is 4.74 Å². The number of hydrogen-bond donors (Lipinski definition) is 0. The van der Waals surface area contributed by atoms with Crippen LogP contribution in [-0.4, -0.2) is 42.0 Å². The second-order valence-corrected chi connectivity index (χ2v) is 7.33. The fourth-order valence-electron chi connectivity index (χ4n) is 2.89. The van der Waals surface area contributed by atoms with E-state index in [0.29, 0.717) is 13.1 Å². The van der Waals surface area contributed by atoms with Gasteiger partial charge in [0, 0.05) is 37.6 Å². The molecule has 1 aromatic heterocycles. The smallest absolute Gasteiger partial charge is 0.246 e. The van der Waals surface area contributed by atoms with E-state index in [1.165, 1.54) is 23.5 Å². The van der Waals surface area contributed by atoms with Crippen molar-refractivity contribution < 1.29 is 17.5 Å². The highest BCUT2D eigenvalue weighted by Crippen LogP contribution is 2.29. The molecule has 1 unspecified atom stereocenters. The number of halogens is 1. The molecule has 23 heavy (non-hydrogen) atoms. The van der Waals surface area contributed by atoms with Gasteiger partial charge >= 0.3 is 0 Å². The van der Waals surface area contributed by atoms with Crippen LogP contribution in [0.25, 0.3) is 0 Å². The summed E-state index contributed by atoms with van der Waals surface area (Å²) >= 11 is 0. The summed E-state index contributed by atoms with van der Waals surface area (Å²) in [6, 6.07) is 3.61. The molecule has 0 aliphatic carbocycles. The molecule has 1 aromatic carbocycles. The van der Waals surface area contributed by atoms with Crippen molar-refractivity contribution in [3.63, 3.8) is 0 Å². The van der Waals surface area contributed by atoms with Crippen molar-refractivity contribution in [1.29, 1.82) is 0 Å². The molecule has 8 heteroatoms. The SMILES string of the molecule is COc1ccc(S(=O)(=O)N2CCCC2Cn2ccnc2)c(F)c1. The van der Waals surface area contributed by atoms with Crippen LogP contribution in [0.2, 0.25) is 0 Å². The normalized spacial score (nSPS) is 19.1. The van der Waals surface area contributed by atoms with Gasteiger partial charge in [-0.3, -0.25) is 0 Å². The van der Waals surface area contributed by atoms with Gasteiger partial charge in [-0.05, 0) is 25.0 Å². The van der Waals surface area contributed by atoms with E-state index >= 15 is 0 Å². The quantitative estimate of drug-likeness (QED) is 0.834. The van der Waals surface area contributed by atoms with Crippen LogP contribution in [0.4, 0.5) is 4.39 Å². The predicted octanol–water partition coefficient (Wildman–Crippen LogP) is 1.88. The molecule has 0 N–H and O–H groups in total. The van der Waals surface area contributed by atoms with Gasteiger partial charge in [-0.25, -0.2) is 17.8 Å². The highest BCUT2D eigenvalue weighted by atomic mass is 32.2. The molecule has 1 atom stereocenters. The Kier molecular flexibility index (Phi) is 4.36. The minimum Gasteiger partial charge on any atom is -0.497 e. The van der Waals surface area contributed by atoms with E-state index in [-0.39, 0.29) is 16.7 Å². The maximum absolute atomic E-state index is 14.2. The number of hydrogen-bond acceptors (Lipinski definition) is 4. The third kappa shape index (κ3) is 3.09. The van der Waals surface area contributed by atoms with Crippen LogP contribution in [0, 0.1) is 5.82 Å². The maximum Gasteiger partial charge on any atom is 0.246 e. The molecule has 124 valence electrons. The standard InChI is InChI=1S/C15H18FN3O3S/c1-22-13-4-5-15(14(16)9-13)23(20,21)19-7-2-3-12(19)10-18-8-6-17-11-18/h4-6,8-9,11-12H,2-3,7,10H2,1H3. The van der Waals surface area contributed by atoms with Crippen molar-refractivity contribution in [2.45, 2.75) is 30.3 Å². The molecule has 0 saturated carbocycles. The summed E-state index contributed by atoms with van der Waals surface area (Å²) in [5, 5.41) is 0. The first-order chi connectivity index (χ1) is 11.0. The number of rotatable bonds is 5. The second kappa shape index (κ2) is 6.29. The molecular formula is C15H18FN3O3S. The average molecular weight is 339 g/mol. The lowest BCUT2D eigenvalue weighted by Gasteiger charge is -2.24. The lowest BCUT2D eigenvalue weighted by atomic mass is 10.2. The Labute approximate surface area is 134 Å². The number of ether oxygens (including phenoxy) is 1. The fourth-order valence-corrected chi connectivity index (χ4v) is 4.62. The number of aromatic nitrogens is 2. The summed E-state index contributed by atoms with van der Waals surface area (Å²) in [5.41, 5.74) is 0. The molecule has 1 fully saturated rings. The van der Waals surface area contributed by atoms with Gasteiger partial charge in [0.25, 0.3) is 0 Å². The number of imidazole rings is 1. The summed E-state index contributed by atoms with van der Waals surface area (Å²) in [6.07, 6.45) is 6.59. The van der Waals surface area contributed by atoms with Crippen LogP contribution in [0.15, 0.2) is 41.8 Å². The zero-order chi connectivity index (χ0) is 16.4. The van der Waals surface area contributed by atoms with Crippen LogP contribution in [-0.2, 0) is 16.6 Å². The van der Waals surface area contributed by atoms with E-state index in [0.717, 1.165) is 18.9 Å². The third-order valence-corrected chi connectivity index (χ3v) is 6.01. The molecule has 2 aromatic rings. The number of methoxy groups -OCH3 is 1. The van der Waals surface area contributed by atoms with Gasteiger partial charge < -0.3 is 9.30 Å². The zero-order valence-electron chi connectivity index (χ0n) is 12.7. The summed E-state index contributed by atoms with van der Waals surface area (Å²) in [6.45, 7) is 0.907. The van der Waals surface area contributed by atoms with E-state index in [1.54, 1.807) is 18.7 Å². The van der Waals surface area contributed by atoms with Crippen LogP contribution in [0.5, 0.6) is 5.75 Å². The monoisotopic (exact) mass is 339 g/mol. The largest absolute Gasteiger partial charge is 0.497 e. The number of benzene rings is 1. The lowest BCUT2D eigenvalue weighted by Crippen LogP contribution is -2.38. The Morgan fingerprint density at radius 2 is 2.26 bits per heavy atom. The maximum atomic E-state index is 14.2. The van der Waals surface area contributed by atoms with Crippen molar-refractivity contribution in [2.24, 2.45) is 0 Å². The Hall–Kier alpha value is -1.93. The van der Waals surface area contributed by atoms with Crippen molar-refractivity contribution in [1.82, 2.24) is 13.9 Å². The summed E-state index contributed by atoms with van der Waals surface area (Å²) in [4.78, 5) is 3.65. The molecule has 0 amide bonds. The minimum atomic E-state index is -3.88. The molecule has 1 aliphatic heterocycles. The van der Waals surface area contributed by atoms with Crippen molar-refractivity contribution in [3.8, 4) is 5.75 Å². The molecule has 2 heterocycles. The van der Waals surface area contributed by atoms with E-state index in [4.69, 9.17) is 4.74 Å².